The van der Waals surface area contributed by atoms with Crippen LogP contribution in [0.1, 0.15) is 16.7 Å². The fourth-order valence-electron chi connectivity index (χ4n) is 3.40. The van der Waals surface area contributed by atoms with Crippen LogP contribution in [0.4, 0.5) is 5.69 Å². The molecule has 5 heteroatoms. The zero-order chi connectivity index (χ0) is 17.1. The number of H-pyrrole nitrogens is 1. The largest absolute Gasteiger partial charge is 0.381 e. The minimum Gasteiger partial charge on any atom is -0.381 e. The minimum absolute atomic E-state index is 0.806. The molecule has 0 spiro atoms. The molecule has 1 aliphatic heterocycles. The number of aromatic nitrogens is 2. The molecule has 0 saturated carbocycles. The average Bonchev–Trinajstić information content (AvgIpc) is 3.11. The first-order valence-corrected chi connectivity index (χ1v) is 9.99. The molecule has 2 aromatic heterocycles. The van der Waals surface area contributed by atoms with E-state index in [4.69, 9.17) is 0 Å². The second-order valence-corrected chi connectivity index (χ2v) is 7.83. The Balaban J connectivity index is 1.43. The molecule has 3 heterocycles. The third-order valence-electron chi connectivity index (χ3n) is 4.82. The van der Waals surface area contributed by atoms with Crippen molar-refractivity contribution in [3.63, 3.8) is 0 Å². The van der Waals surface area contributed by atoms with Gasteiger partial charge in [0.05, 0.1) is 0 Å². The van der Waals surface area contributed by atoms with E-state index in [0.29, 0.717) is 0 Å². The third-order valence-corrected chi connectivity index (χ3v) is 5.76. The maximum atomic E-state index is 4.35. The van der Waals surface area contributed by atoms with E-state index < -0.39 is 0 Å². The van der Waals surface area contributed by atoms with Crippen LogP contribution in [0.25, 0.3) is 11.0 Å². The summed E-state index contributed by atoms with van der Waals surface area (Å²) in [7, 11) is 0. The summed E-state index contributed by atoms with van der Waals surface area (Å²) in [6.45, 7) is 6.48. The van der Waals surface area contributed by atoms with Gasteiger partial charge in [-0.3, -0.25) is 4.90 Å². The molecule has 1 aliphatic rings. The monoisotopic (exact) mass is 352 g/mol. The molecule has 25 heavy (non-hydrogen) atoms. The van der Waals surface area contributed by atoms with Crippen LogP contribution in [0.3, 0.4) is 0 Å². The van der Waals surface area contributed by atoms with E-state index in [1.54, 1.807) is 0 Å². The molecule has 0 aliphatic carbocycles. The Morgan fingerprint density at radius 3 is 2.92 bits per heavy atom. The van der Waals surface area contributed by atoms with Gasteiger partial charge in [-0.25, -0.2) is 4.98 Å². The second kappa shape index (κ2) is 7.50. The molecule has 1 fully saturated rings. The first kappa shape index (κ1) is 16.5. The number of fused-ring (bicyclic) bond motifs is 1. The van der Waals surface area contributed by atoms with Crippen LogP contribution in [0, 0.1) is 6.92 Å². The molecule has 0 amide bonds. The zero-order valence-electron chi connectivity index (χ0n) is 14.6. The van der Waals surface area contributed by atoms with Crippen LogP contribution in [-0.4, -0.2) is 39.5 Å². The van der Waals surface area contributed by atoms with Crippen molar-refractivity contribution in [1.82, 2.24) is 14.9 Å². The maximum Gasteiger partial charge on any atom is 0.137 e. The van der Waals surface area contributed by atoms with Crippen molar-refractivity contribution in [3.05, 3.63) is 59.4 Å². The lowest BCUT2D eigenvalue weighted by Gasteiger charge is -2.26. The lowest BCUT2D eigenvalue weighted by Crippen LogP contribution is -2.31. The van der Waals surface area contributed by atoms with Crippen molar-refractivity contribution >= 4 is 28.5 Å². The molecular formula is C20H24N4S. The molecule has 1 aromatic carbocycles. The highest BCUT2D eigenvalue weighted by molar-refractivity contribution is 7.99. The van der Waals surface area contributed by atoms with Crippen LogP contribution in [-0.2, 0) is 13.1 Å². The van der Waals surface area contributed by atoms with E-state index in [9.17, 15) is 0 Å². The number of nitrogens with one attached hydrogen (secondary N) is 2. The number of hydrogen-bond acceptors (Lipinski definition) is 4. The Morgan fingerprint density at radius 2 is 2.08 bits per heavy atom. The number of anilines is 1. The van der Waals surface area contributed by atoms with Crippen molar-refractivity contribution in [1.29, 1.82) is 0 Å². The molecule has 1 saturated heterocycles. The molecule has 4 nitrogen and oxygen atoms in total. The zero-order valence-corrected chi connectivity index (χ0v) is 15.4. The fourth-order valence-corrected chi connectivity index (χ4v) is 4.38. The number of hydrogen-bond donors (Lipinski definition) is 2. The van der Waals surface area contributed by atoms with Crippen molar-refractivity contribution in [3.8, 4) is 0 Å². The van der Waals surface area contributed by atoms with Crippen molar-refractivity contribution in [2.24, 2.45) is 0 Å². The summed E-state index contributed by atoms with van der Waals surface area (Å²) < 4.78 is 0. The van der Waals surface area contributed by atoms with Crippen molar-refractivity contribution in [2.75, 3.05) is 29.9 Å². The highest BCUT2D eigenvalue weighted by atomic mass is 32.2. The van der Waals surface area contributed by atoms with Gasteiger partial charge in [-0.05, 0) is 41.8 Å². The summed E-state index contributed by atoms with van der Waals surface area (Å²) in [5.41, 5.74) is 6.14. The summed E-state index contributed by atoms with van der Waals surface area (Å²) >= 11 is 2.06. The van der Waals surface area contributed by atoms with E-state index in [-0.39, 0.29) is 0 Å². The van der Waals surface area contributed by atoms with Gasteiger partial charge in [-0.15, -0.1) is 0 Å². The predicted octanol–water partition coefficient (Wildman–Crippen LogP) is 4.03. The predicted molar refractivity (Wildman–Crippen MR) is 107 cm³/mol. The highest BCUT2D eigenvalue weighted by Crippen LogP contribution is 2.21. The quantitative estimate of drug-likeness (QED) is 0.727. The number of pyridine rings is 1. The van der Waals surface area contributed by atoms with Gasteiger partial charge in [-0.1, -0.05) is 12.1 Å². The van der Waals surface area contributed by atoms with Gasteiger partial charge in [-0.2, -0.15) is 11.8 Å². The number of rotatable bonds is 5. The van der Waals surface area contributed by atoms with Crippen LogP contribution in [0.15, 0.2) is 42.7 Å². The first-order chi connectivity index (χ1) is 12.3. The Bertz CT molecular complexity index is 852. The highest BCUT2D eigenvalue weighted by Gasteiger charge is 2.11. The number of thioether (sulfide) groups is 1. The summed E-state index contributed by atoms with van der Waals surface area (Å²) in [6.07, 6.45) is 3.81. The fraction of sp³-hybridized carbons (Fsp3) is 0.350. The topological polar surface area (TPSA) is 44.0 Å². The van der Waals surface area contributed by atoms with E-state index in [2.05, 4.69) is 69.2 Å². The first-order valence-electron chi connectivity index (χ1n) is 8.84. The maximum absolute atomic E-state index is 4.35. The van der Waals surface area contributed by atoms with Gasteiger partial charge in [0.2, 0.25) is 0 Å². The Hall–Kier alpha value is -1.98. The van der Waals surface area contributed by atoms with Gasteiger partial charge in [0.25, 0.3) is 0 Å². The second-order valence-electron chi connectivity index (χ2n) is 6.60. The Morgan fingerprint density at radius 1 is 1.20 bits per heavy atom. The van der Waals surface area contributed by atoms with E-state index in [0.717, 1.165) is 18.7 Å². The normalized spacial score (nSPS) is 15.6. The molecule has 4 rings (SSSR count). The lowest BCUT2D eigenvalue weighted by atomic mass is 10.1. The third kappa shape index (κ3) is 3.83. The number of benzene rings is 1. The van der Waals surface area contributed by atoms with Crippen LogP contribution >= 0.6 is 11.8 Å². The SMILES string of the molecule is Cc1cc(CN2CCSCC2)ccc1NCc1ccnc2[nH]ccc12. The van der Waals surface area contributed by atoms with E-state index >= 15 is 0 Å². The molecule has 0 unspecified atom stereocenters. The minimum atomic E-state index is 0.806. The van der Waals surface area contributed by atoms with Crippen molar-refractivity contribution < 1.29 is 0 Å². The number of nitrogens with zero attached hydrogens (tertiary/aromatic N) is 2. The average molecular weight is 353 g/mol. The molecule has 0 atom stereocenters. The molecule has 3 aromatic rings. The van der Waals surface area contributed by atoms with E-state index in [1.165, 1.54) is 52.4 Å². The van der Waals surface area contributed by atoms with Crippen LogP contribution in [0.2, 0.25) is 0 Å². The Kier molecular flexibility index (Phi) is 4.95. The molecule has 0 radical (unpaired) electrons. The molecule has 130 valence electrons. The number of aromatic amines is 1. The van der Waals surface area contributed by atoms with Gasteiger partial charge in [0, 0.05) is 61.2 Å². The number of aryl methyl sites for hydroxylation is 1. The standard InChI is InChI=1S/C20H24N4S/c1-15-12-16(14-24-8-10-25-11-9-24)2-3-19(15)23-13-17-4-6-21-20-18(17)5-7-22-20/h2-7,12,23H,8-11,13-14H2,1H3,(H,21,22). The van der Waals surface area contributed by atoms with Gasteiger partial charge in [0.1, 0.15) is 5.65 Å². The summed E-state index contributed by atoms with van der Waals surface area (Å²) in [4.78, 5) is 10.1. The molecular weight excluding hydrogens is 328 g/mol. The van der Waals surface area contributed by atoms with Gasteiger partial charge < -0.3 is 10.3 Å². The Labute approximate surface area is 153 Å². The van der Waals surface area contributed by atoms with Gasteiger partial charge in [0.15, 0.2) is 0 Å². The molecule has 0 bridgehead atoms. The van der Waals surface area contributed by atoms with Gasteiger partial charge >= 0.3 is 0 Å². The lowest BCUT2D eigenvalue weighted by molar-refractivity contribution is 0.294. The van der Waals surface area contributed by atoms with E-state index in [1.807, 2.05) is 12.4 Å². The van der Waals surface area contributed by atoms with Crippen LogP contribution < -0.4 is 5.32 Å². The van der Waals surface area contributed by atoms with Crippen molar-refractivity contribution in [2.45, 2.75) is 20.0 Å². The smallest absolute Gasteiger partial charge is 0.137 e. The summed E-state index contributed by atoms with van der Waals surface area (Å²) in [6, 6.07) is 11.0. The molecule has 2 N–H and O–H groups in total. The summed E-state index contributed by atoms with van der Waals surface area (Å²) in [5.74, 6) is 2.52. The summed E-state index contributed by atoms with van der Waals surface area (Å²) in [5, 5.41) is 4.77. The van der Waals surface area contributed by atoms with Crippen LogP contribution in [0.5, 0.6) is 0 Å².